The van der Waals surface area contributed by atoms with Gasteiger partial charge in [0.15, 0.2) is 0 Å². The van der Waals surface area contributed by atoms with Gasteiger partial charge in [-0.1, -0.05) is 12.5 Å². The number of hydrogen-bond acceptors (Lipinski definition) is 3. The summed E-state index contributed by atoms with van der Waals surface area (Å²) in [5.74, 6) is 0. The Bertz CT molecular complexity index is 632. The highest BCUT2D eigenvalue weighted by atomic mass is 32.2. The second-order valence-electron chi connectivity index (χ2n) is 6.45. The first-order chi connectivity index (χ1) is 9.95. The molecule has 2 saturated carbocycles. The van der Waals surface area contributed by atoms with E-state index in [1.165, 1.54) is 12.8 Å². The first kappa shape index (κ1) is 15.0. The average Bonchev–Trinajstić information content (AvgIpc) is 3.17. The van der Waals surface area contributed by atoms with Crippen LogP contribution in [0.2, 0.25) is 0 Å². The minimum atomic E-state index is -3.39. The van der Waals surface area contributed by atoms with Crippen molar-refractivity contribution in [3.8, 4) is 0 Å². The van der Waals surface area contributed by atoms with E-state index in [4.69, 9.17) is 0 Å². The van der Waals surface area contributed by atoms with Gasteiger partial charge in [-0.3, -0.25) is 0 Å². The normalized spacial score (nSPS) is 19.5. The molecule has 5 heteroatoms. The highest BCUT2D eigenvalue weighted by Crippen LogP contribution is 2.25. The molecule has 0 bridgehead atoms. The molecule has 4 nitrogen and oxygen atoms in total. The molecule has 0 spiro atoms. The van der Waals surface area contributed by atoms with Gasteiger partial charge < -0.3 is 5.32 Å². The Kier molecular flexibility index (Phi) is 4.08. The third-order valence-electron chi connectivity index (χ3n) is 4.51. The smallest absolute Gasteiger partial charge is 0.241 e. The summed E-state index contributed by atoms with van der Waals surface area (Å²) in [6, 6.07) is 4.59. The summed E-state index contributed by atoms with van der Waals surface area (Å²) >= 11 is 0. The van der Waals surface area contributed by atoms with Crippen molar-refractivity contribution in [3.05, 3.63) is 28.8 Å². The van der Waals surface area contributed by atoms with E-state index in [1.807, 2.05) is 26.0 Å². The van der Waals surface area contributed by atoms with Crippen molar-refractivity contribution in [1.29, 1.82) is 0 Å². The minimum absolute atomic E-state index is 0.128. The van der Waals surface area contributed by atoms with Crippen molar-refractivity contribution in [2.45, 2.75) is 69.5 Å². The van der Waals surface area contributed by atoms with Crippen molar-refractivity contribution in [3.63, 3.8) is 0 Å². The number of nitrogens with one attached hydrogen (secondary N) is 2. The summed E-state index contributed by atoms with van der Waals surface area (Å²) in [6.45, 7) is 4.68. The van der Waals surface area contributed by atoms with Crippen molar-refractivity contribution < 1.29 is 8.42 Å². The lowest BCUT2D eigenvalue weighted by atomic mass is 9.94. The molecule has 2 aliphatic rings. The van der Waals surface area contributed by atoms with Crippen molar-refractivity contribution in [2.75, 3.05) is 0 Å². The fourth-order valence-electron chi connectivity index (χ4n) is 2.71. The van der Waals surface area contributed by atoms with Crippen LogP contribution < -0.4 is 10.0 Å². The molecule has 0 aliphatic heterocycles. The van der Waals surface area contributed by atoms with Crippen LogP contribution in [0.5, 0.6) is 0 Å². The van der Waals surface area contributed by atoms with Gasteiger partial charge in [-0.2, -0.15) is 0 Å². The Hall–Kier alpha value is -0.910. The summed E-state index contributed by atoms with van der Waals surface area (Å²) in [5, 5.41) is 3.46. The maximum Gasteiger partial charge on any atom is 0.241 e. The Morgan fingerprint density at radius 2 is 1.76 bits per heavy atom. The van der Waals surface area contributed by atoms with Crippen LogP contribution in [-0.2, 0) is 16.6 Å². The first-order valence-corrected chi connectivity index (χ1v) is 9.30. The van der Waals surface area contributed by atoms with Crippen LogP contribution in [0.1, 0.15) is 48.8 Å². The van der Waals surface area contributed by atoms with Gasteiger partial charge in [0.05, 0.1) is 4.90 Å². The zero-order valence-corrected chi connectivity index (χ0v) is 13.6. The molecule has 0 atom stereocenters. The predicted molar refractivity (Wildman–Crippen MR) is 83.7 cm³/mol. The topological polar surface area (TPSA) is 58.2 Å². The van der Waals surface area contributed by atoms with Gasteiger partial charge in [-0.15, -0.1) is 0 Å². The van der Waals surface area contributed by atoms with Crippen LogP contribution in [0.3, 0.4) is 0 Å². The van der Waals surface area contributed by atoms with Gasteiger partial charge in [-0.05, 0) is 62.3 Å². The average molecular weight is 308 g/mol. The van der Waals surface area contributed by atoms with Crippen LogP contribution >= 0.6 is 0 Å². The van der Waals surface area contributed by atoms with Crippen LogP contribution in [-0.4, -0.2) is 20.5 Å². The highest BCUT2D eigenvalue weighted by Gasteiger charge is 2.26. The number of hydrogen-bond donors (Lipinski definition) is 2. The van der Waals surface area contributed by atoms with Gasteiger partial charge in [-0.25, -0.2) is 13.1 Å². The molecule has 0 amide bonds. The number of rotatable bonds is 6. The third-order valence-corrected chi connectivity index (χ3v) is 6.17. The van der Waals surface area contributed by atoms with E-state index in [1.54, 1.807) is 0 Å². The van der Waals surface area contributed by atoms with Crippen molar-refractivity contribution >= 4 is 10.0 Å². The van der Waals surface area contributed by atoms with E-state index in [2.05, 4.69) is 10.0 Å². The second-order valence-corrected chi connectivity index (χ2v) is 8.13. The molecule has 3 rings (SSSR count). The molecule has 2 N–H and O–H groups in total. The van der Waals surface area contributed by atoms with E-state index in [0.29, 0.717) is 10.9 Å². The maximum absolute atomic E-state index is 12.5. The molecule has 0 heterocycles. The number of benzene rings is 1. The second kappa shape index (κ2) is 5.71. The Labute approximate surface area is 127 Å². The van der Waals surface area contributed by atoms with Crippen molar-refractivity contribution in [1.82, 2.24) is 10.0 Å². The summed E-state index contributed by atoms with van der Waals surface area (Å²) in [7, 11) is -3.39. The van der Waals surface area contributed by atoms with Gasteiger partial charge in [0.25, 0.3) is 0 Å². The minimum Gasteiger partial charge on any atom is -0.310 e. The van der Waals surface area contributed by atoms with Gasteiger partial charge in [0, 0.05) is 18.6 Å². The number of sulfonamides is 1. The standard InChI is InChI=1S/C16H24N2O2S/c1-11-8-12(2)16(9-13(11)10-17-14-6-7-14)21(19,20)18-15-4-3-5-15/h8-9,14-15,17-18H,3-7,10H2,1-2H3. The molecular formula is C16H24N2O2S. The summed E-state index contributed by atoms with van der Waals surface area (Å²) in [5.41, 5.74) is 3.07. The monoisotopic (exact) mass is 308 g/mol. The van der Waals surface area contributed by atoms with E-state index in [9.17, 15) is 8.42 Å². The fraction of sp³-hybridized carbons (Fsp3) is 0.625. The van der Waals surface area contributed by atoms with E-state index >= 15 is 0 Å². The molecule has 0 unspecified atom stereocenters. The predicted octanol–water partition coefficient (Wildman–Crippen LogP) is 2.39. The lowest BCUT2D eigenvalue weighted by molar-refractivity contribution is 0.383. The van der Waals surface area contributed by atoms with Crippen LogP contribution in [0.25, 0.3) is 0 Å². The SMILES string of the molecule is Cc1cc(C)c(S(=O)(=O)NC2CCC2)cc1CNC1CC1. The van der Waals surface area contributed by atoms with E-state index in [0.717, 1.165) is 42.5 Å². The van der Waals surface area contributed by atoms with Crippen LogP contribution in [0, 0.1) is 13.8 Å². The largest absolute Gasteiger partial charge is 0.310 e. The van der Waals surface area contributed by atoms with E-state index < -0.39 is 10.0 Å². The van der Waals surface area contributed by atoms with E-state index in [-0.39, 0.29) is 6.04 Å². The molecule has 2 fully saturated rings. The van der Waals surface area contributed by atoms with Crippen LogP contribution in [0.4, 0.5) is 0 Å². The summed E-state index contributed by atoms with van der Waals surface area (Å²) in [6.07, 6.45) is 5.51. The quantitative estimate of drug-likeness (QED) is 0.848. The zero-order chi connectivity index (χ0) is 15.0. The Morgan fingerprint density at radius 3 is 2.33 bits per heavy atom. The van der Waals surface area contributed by atoms with Gasteiger partial charge in [0.2, 0.25) is 10.0 Å². The molecule has 1 aromatic carbocycles. The molecule has 0 aromatic heterocycles. The van der Waals surface area contributed by atoms with Gasteiger partial charge >= 0.3 is 0 Å². The Morgan fingerprint density at radius 1 is 1.05 bits per heavy atom. The van der Waals surface area contributed by atoms with Gasteiger partial charge in [0.1, 0.15) is 0 Å². The molecule has 21 heavy (non-hydrogen) atoms. The highest BCUT2D eigenvalue weighted by molar-refractivity contribution is 7.89. The molecule has 1 aromatic rings. The number of aryl methyl sites for hydroxylation is 2. The van der Waals surface area contributed by atoms with Crippen LogP contribution in [0.15, 0.2) is 17.0 Å². The van der Waals surface area contributed by atoms with Crippen molar-refractivity contribution in [2.24, 2.45) is 0 Å². The molecule has 0 radical (unpaired) electrons. The molecule has 0 saturated heterocycles. The first-order valence-electron chi connectivity index (χ1n) is 7.81. The zero-order valence-electron chi connectivity index (χ0n) is 12.8. The Balaban J connectivity index is 1.83. The lowest BCUT2D eigenvalue weighted by Crippen LogP contribution is -2.39. The fourth-order valence-corrected chi connectivity index (χ4v) is 4.29. The lowest BCUT2D eigenvalue weighted by Gasteiger charge is -2.26. The summed E-state index contributed by atoms with van der Waals surface area (Å²) in [4.78, 5) is 0.438. The molecular weight excluding hydrogens is 284 g/mol. The molecule has 2 aliphatic carbocycles. The summed E-state index contributed by atoms with van der Waals surface area (Å²) < 4.78 is 27.9. The molecule has 116 valence electrons. The third kappa shape index (κ3) is 3.47. The maximum atomic E-state index is 12.5.